The van der Waals surface area contributed by atoms with E-state index >= 15 is 0 Å². The topological polar surface area (TPSA) is 237 Å². The lowest BCUT2D eigenvalue weighted by molar-refractivity contribution is -0.142. The number of hydrogen-bond acceptors (Lipinski definition) is 13. The second-order valence-electron chi connectivity index (χ2n) is 12.2. The minimum absolute atomic E-state index is 0.0326. The molecule has 6 amide bonds. The predicted octanol–water partition coefficient (Wildman–Crippen LogP) is 0.288. The second-order valence-corrected chi connectivity index (χ2v) is 13.1. The highest BCUT2D eigenvalue weighted by molar-refractivity contribution is 6.31. The molecule has 4 aliphatic heterocycles. The Labute approximate surface area is 303 Å². The van der Waals surface area contributed by atoms with Crippen LogP contribution >= 0.6 is 23.2 Å². The average Bonchev–Trinajstić information content (AvgIpc) is 3.79. The molecule has 2 fully saturated rings. The van der Waals surface area contributed by atoms with E-state index in [1.165, 1.54) is 10.0 Å². The van der Waals surface area contributed by atoms with Crippen LogP contribution in [0.25, 0.3) is 0 Å². The Bertz CT molecular complexity index is 1950. The van der Waals surface area contributed by atoms with Crippen molar-refractivity contribution in [1.29, 1.82) is 0 Å². The Morgan fingerprint density at radius 3 is 1.60 bits per heavy atom. The van der Waals surface area contributed by atoms with Crippen LogP contribution in [0.15, 0.2) is 83.0 Å². The van der Waals surface area contributed by atoms with Gasteiger partial charge < -0.3 is 21.3 Å². The molecule has 2 saturated heterocycles. The lowest BCUT2D eigenvalue weighted by Crippen LogP contribution is -2.81. The molecule has 0 aromatic heterocycles. The molecular weight excluding hydrogens is 719 g/mol. The number of amides is 6. The van der Waals surface area contributed by atoms with Crippen molar-refractivity contribution < 1.29 is 24.0 Å². The van der Waals surface area contributed by atoms with Crippen LogP contribution in [0.4, 0.5) is 21.0 Å². The molecule has 0 spiro atoms. The second kappa shape index (κ2) is 12.9. The summed E-state index contributed by atoms with van der Waals surface area (Å²) in [5.41, 5.74) is 11.6. The lowest BCUT2D eigenvalue weighted by Gasteiger charge is -2.49. The minimum atomic E-state index is -1.80. The number of carbonyl (C=O) groups excluding carboxylic acids is 5. The van der Waals surface area contributed by atoms with E-state index in [-0.39, 0.29) is 18.3 Å². The molecule has 5 aliphatic rings. The molecule has 10 N–H and O–H groups in total. The van der Waals surface area contributed by atoms with E-state index in [0.717, 1.165) is 0 Å². The number of nitrogens with zero attached hydrogens (tertiary/aromatic N) is 4. The molecule has 4 unspecified atom stereocenters. The van der Waals surface area contributed by atoms with Gasteiger partial charge in [0.1, 0.15) is 12.1 Å². The maximum Gasteiger partial charge on any atom is 0.326 e. The number of hydrazone groups is 2. The highest BCUT2D eigenvalue weighted by atomic mass is 35.5. The maximum atomic E-state index is 14.6. The number of benzene rings is 3. The first-order chi connectivity index (χ1) is 25.1. The monoisotopic (exact) mass is 746 g/mol. The van der Waals surface area contributed by atoms with Crippen molar-refractivity contribution in [2.75, 3.05) is 10.6 Å². The van der Waals surface area contributed by atoms with Gasteiger partial charge in [-0.25, -0.2) is 30.5 Å². The molecule has 52 heavy (non-hydrogen) atoms. The van der Waals surface area contributed by atoms with Crippen LogP contribution in [-0.4, -0.2) is 76.3 Å². The van der Waals surface area contributed by atoms with Gasteiger partial charge in [0.25, 0.3) is 0 Å². The SMILES string of the molecule is O=C(NC1=NNC2NC(=O)C(C3(C4NN5C(NC(=O)Nc6ccc(Cl)cc6)=NNC5NC4=O)Cc4ccccc4C3=O)NN12)Nc1ccc(Cl)cc1. The van der Waals surface area contributed by atoms with E-state index in [4.69, 9.17) is 23.2 Å². The third-order valence-electron chi connectivity index (χ3n) is 9.03. The molecule has 19 nitrogen and oxygen atoms in total. The molecule has 3 aromatic carbocycles. The third-order valence-corrected chi connectivity index (χ3v) is 9.53. The number of ketones is 1. The molecular formula is C31H28Cl2N14O5. The van der Waals surface area contributed by atoms with E-state index in [1.54, 1.807) is 72.8 Å². The zero-order valence-corrected chi connectivity index (χ0v) is 28.0. The highest BCUT2D eigenvalue weighted by Gasteiger charge is 2.64. The fourth-order valence-corrected chi connectivity index (χ4v) is 6.90. The fourth-order valence-electron chi connectivity index (χ4n) is 6.65. The maximum absolute atomic E-state index is 14.6. The van der Waals surface area contributed by atoms with Crippen molar-refractivity contribution in [2.45, 2.75) is 31.1 Å². The predicted molar refractivity (Wildman–Crippen MR) is 187 cm³/mol. The van der Waals surface area contributed by atoms with Crippen LogP contribution in [0.1, 0.15) is 15.9 Å². The summed E-state index contributed by atoms with van der Waals surface area (Å²) >= 11 is 11.9. The average molecular weight is 748 g/mol. The molecule has 4 atom stereocenters. The number of hydrogen-bond donors (Lipinski definition) is 10. The summed E-state index contributed by atoms with van der Waals surface area (Å²) in [6.45, 7) is 0. The van der Waals surface area contributed by atoms with Gasteiger partial charge in [-0.05, 0) is 60.5 Å². The van der Waals surface area contributed by atoms with Gasteiger partial charge in [0, 0.05) is 27.0 Å². The van der Waals surface area contributed by atoms with Crippen molar-refractivity contribution in [2.24, 2.45) is 15.6 Å². The van der Waals surface area contributed by atoms with Gasteiger partial charge >= 0.3 is 12.1 Å². The fraction of sp³-hybridized carbons (Fsp3) is 0.194. The van der Waals surface area contributed by atoms with Gasteiger partial charge in [-0.1, -0.05) is 47.5 Å². The number of halogens is 2. The van der Waals surface area contributed by atoms with E-state index in [2.05, 4.69) is 63.8 Å². The number of urea groups is 2. The van der Waals surface area contributed by atoms with Crippen LogP contribution in [0.3, 0.4) is 0 Å². The van der Waals surface area contributed by atoms with E-state index in [1.807, 2.05) is 0 Å². The van der Waals surface area contributed by atoms with Gasteiger partial charge in [-0.15, -0.1) is 10.2 Å². The Morgan fingerprint density at radius 2 is 1.13 bits per heavy atom. The van der Waals surface area contributed by atoms with Crippen LogP contribution in [-0.2, 0) is 16.0 Å². The number of Topliss-reactive ketones (excluding diaryl/α,β-unsaturated/α-hetero) is 1. The number of rotatable bonds is 4. The summed E-state index contributed by atoms with van der Waals surface area (Å²) in [5.74, 6) is -1.80. The van der Waals surface area contributed by atoms with Crippen LogP contribution in [0.2, 0.25) is 10.0 Å². The van der Waals surface area contributed by atoms with Gasteiger partial charge in [-0.2, -0.15) is 0 Å². The Balaban J connectivity index is 1.06. The Kier molecular flexibility index (Phi) is 8.17. The largest absolute Gasteiger partial charge is 0.326 e. The first-order valence-corrected chi connectivity index (χ1v) is 16.5. The summed E-state index contributed by atoms with van der Waals surface area (Å²) in [7, 11) is 0. The molecule has 0 saturated carbocycles. The normalized spacial score (nSPS) is 25.6. The van der Waals surface area contributed by atoms with Crippen molar-refractivity contribution in [3.05, 3.63) is 94.0 Å². The van der Waals surface area contributed by atoms with Crippen molar-refractivity contribution >= 4 is 76.2 Å². The highest BCUT2D eigenvalue weighted by Crippen LogP contribution is 2.44. The van der Waals surface area contributed by atoms with Crippen LogP contribution < -0.4 is 53.6 Å². The number of carbonyl (C=O) groups is 5. The van der Waals surface area contributed by atoms with Crippen molar-refractivity contribution in [3.63, 3.8) is 0 Å². The molecule has 21 heteroatoms. The molecule has 8 rings (SSSR count). The summed E-state index contributed by atoms with van der Waals surface area (Å²) in [6, 6.07) is 15.6. The minimum Gasteiger partial charge on any atom is -0.315 e. The zero-order valence-electron chi connectivity index (χ0n) is 26.5. The van der Waals surface area contributed by atoms with Crippen LogP contribution in [0, 0.1) is 5.41 Å². The summed E-state index contributed by atoms with van der Waals surface area (Å²) in [5, 5.41) is 28.1. The molecule has 3 aromatic rings. The standard InChI is InChI=1S/C31H28Cl2N14O5/c32-15-5-9-17(10-6-15)34-29(51)38-27-42-40-25-36-23(49)20(44-46(25)27)31(13-14-3-1-2-4-19(14)22(31)48)21-24(50)37-26-41-43-28(47(26)45-21)39-30(52)35-18-11-7-16(33)8-12-18/h1-12,20-21,25-26,40-41,44-45H,13H2,(H,36,49)(H,37,50)(H2,34,38,42,51)(H2,35,39,43,52). The van der Waals surface area contributed by atoms with Gasteiger partial charge in [0.2, 0.25) is 36.3 Å². The van der Waals surface area contributed by atoms with E-state index in [9.17, 15) is 24.0 Å². The van der Waals surface area contributed by atoms with Crippen molar-refractivity contribution in [1.82, 2.24) is 53.0 Å². The lowest BCUT2D eigenvalue weighted by atomic mass is 9.69. The molecule has 0 bridgehead atoms. The zero-order chi connectivity index (χ0) is 36.1. The Hall–Kier alpha value is -6.15. The Morgan fingerprint density at radius 1 is 0.673 bits per heavy atom. The van der Waals surface area contributed by atoms with Gasteiger partial charge in [0.05, 0.1) is 5.41 Å². The van der Waals surface area contributed by atoms with Crippen molar-refractivity contribution in [3.8, 4) is 0 Å². The van der Waals surface area contributed by atoms with Gasteiger partial charge in [-0.3, -0.25) is 35.9 Å². The van der Waals surface area contributed by atoms with Crippen LogP contribution in [0.5, 0.6) is 0 Å². The first-order valence-electron chi connectivity index (χ1n) is 15.8. The van der Waals surface area contributed by atoms with E-state index in [0.29, 0.717) is 32.5 Å². The molecule has 1 aliphatic carbocycles. The third kappa shape index (κ3) is 5.80. The smallest absolute Gasteiger partial charge is 0.315 e. The number of anilines is 2. The number of guanidine groups is 2. The summed E-state index contributed by atoms with van der Waals surface area (Å²) < 4.78 is 0. The number of hydrazine groups is 2. The molecule has 266 valence electrons. The quantitative estimate of drug-likeness (QED) is 0.174. The first kappa shape index (κ1) is 33.0. The van der Waals surface area contributed by atoms with E-state index < -0.39 is 59.7 Å². The summed E-state index contributed by atoms with van der Waals surface area (Å²) in [6.07, 6.45) is -1.94. The van der Waals surface area contributed by atoms with Gasteiger partial charge in [0.15, 0.2) is 5.78 Å². The number of fused-ring (bicyclic) bond motifs is 3. The molecule has 0 radical (unpaired) electrons. The molecule has 4 heterocycles. The summed E-state index contributed by atoms with van der Waals surface area (Å²) in [4.78, 5) is 68.4. The number of nitrogens with one attached hydrogen (secondary N) is 10.